The van der Waals surface area contributed by atoms with Gasteiger partial charge in [0.05, 0.1) is 30.4 Å². The molecule has 1 aliphatic heterocycles. The van der Waals surface area contributed by atoms with Gasteiger partial charge in [0.15, 0.2) is 0 Å². The largest absolute Gasteiger partial charge is 0.507 e. The maximum atomic E-state index is 14.8. The second kappa shape index (κ2) is 8.36. The molecule has 1 N–H and O–H groups in total. The molecular formula is C25H17FN2O4. The van der Waals surface area contributed by atoms with E-state index >= 15 is 0 Å². The van der Waals surface area contributed by atoms with Crippen molar-refractivity contribution in [3.63, 3.8) is 0 Å². The van der Waals surface area contributed by atoms with Crippen LogP contribution in [0.5, 0.6) is 5.75 Å². The Bertz CT molecular complexity index is 1290. The third-order valence-electron chi connectivity index (χ3n) is 5.26. The second-order valence-electron chi connectivity index (χ2n) is 7.08. The van der Waals surface area contributed by atoms with Gasteiger partial charge >= 0.3 is 0 Å². The van der Waals surface area contributed by atoms with Crippen LogP contribution in [0, 0.1) is 17.1 Å². The third-order valence-corrected chi connectivity index (χ3v) is 5.26. The first-order valence-corrected chi connectivity index (χ1v) is 9.66. The maximum Gasteiger partial charge on any atom is 0.300 e. The maximum absolute atomic E-state index is 14.8. The van der Waals surface area contributed by atoms with Crippen LogP contribution >= 0.6 is 0 Å². The fourth-order valence-electron chi connectivity index (χ4n) is 3.71. The molecule has 7 heteroatoms. The number of aliphatic hydroxyl groups is 1. The highest BCUT2D eigenvalue weighted by Gasteiger charge is 2.47. The molecule has 1 fully saturated rings. The molecule has 0 bridgehead atoms. The summed E-state index contributed by atoms with van der Waals surface area (Å²) in [7, 11) is 1.46. The SMILES string of the molecule is COc1cccc(/C(O)=C2/C(=O)C(=O)N(c3ccc(C#N)cc3)C2c2ccccc2F)c1. The van der Waals surface area contributed by atoms with Gasteiger partial charge in [0.1, 0.15) is 17.3 Å². The van der Waals surface area contributed by atoms with Crippen LogP contribution in [0.1, 0.15) is 22.7 Å². The average molecular weight is 428 g/mol. The number of carbonyl (C=O) groups is 2. The number of hydrogen-bond acceptors (Lipinski definition) is 5. The molecule has 1 unspecified atom stereocenters. The lowest BCUT2D eigenvalue weighted by atomic mass is 9.94. The van der Waals surface area contributed by atoms with E-state index in [1.807, 2.05) is 6.07 Å². The summed E-state index contributed by atoms with van der Waals surface area (Å²) in [5.41, 5.74) is 0.731. The Morgan fingerprint density at radius 1 is 1.06 bits per heavy atom. The van der Waals surface area contributed by atoms with Gasteiger partial charge < -0.3 is 9.84 Å². The van der Waals surface area contributed by atoms with Crippen LogP contribution in [0.2, 0.25) is 0 Å². The van der Waals surface area contributed by atoms with Crippen LogP contribution in [0.15, 0.2) is 78.4 Å². The summed E-state index contributed by atoms with van der Waals surface area (Å²) < 4.78 is 20.0. The number of nitriles is 1. The second-order valence-corrected chi connectivity index (χ2v) is 7.08. The number of hydrogen-bond donors (Lipinski definition) is 1. The van der Waals surface area contributed by atoms with Crippen molar-refractivity contribution in [1.29, 1.82) is 5.26 Å². The van der Waals surface area contributed by atoms with Gasteiger partial charge in [0.2, 0.25) is 0 Å². The molecule has 1 aliphatic rings. The molecule has 3 aromatic rings. The number of benzene rings is 3. The van der Waals surface area contributed by atoms with Gasteiger partial charge in [-0.25, -0.2) is 4.39 Å². The number of aliphatic hydroxyl groups excluding tert-OH is 1. The Hall–Kier alpha value is -4.44. The summed E-state index contributed by atoms with van der Waals surface area (Å²) in [4.78, 5) is 27.2. The van der Waals surface area contributed by atoms with Crippen molar-refractivity contribution in [1.82, 2.24) is 0 Å². The zero-order valence-electron chi connectivity index (χ0n) is 16.9. The van der Waals surface area contributed by atoms with Crippen molar-refractivity contribution < 1.29 is 23.8 Å². The lowest BCUT2D eigenvalue weighted by molar-refractivity contribution is -0.132. The smallest absolute Gasteiger partial charge is 0.300 e. The first kappa shape index (κ1) is 20.8. The summed E-state index contributed by atoms with van der Waals surface area (Å²) in [5, 5.41) is 20.1. The van der Waals surface area contributed by atoms with Crippen molar-refractivity contribution in [2.24, 2.45) is 0 Å². The van der Waals surface area contributed by atoms with E-state index in [1.54, 1.807) is 24.3 Å². The summed E-state index contributed by atoms with van der Waals surface area (Å²) in [6.07, 6.45) is 0. The Labute approximate surface area is 183 Å². The monoisotopic (exact) mass is 428 g/mol. The molecule has 0 aliphatic carbocycles. The van der Waals surface area contributed by atoms with Crippen LogP contribution in [-0.4, -0.2) is 23.9 Å². The Morgan fingerprint density at radius 2 is 1.78 bits per heavy atom. The van der Waals surface area contributed by atoms with E-state index in [-0.39, 0.29) is 16.7 Å². The highest BCUT2D eigenvalue weighted by atomic mass is 19.1. The van der Waals surface area contributed by atoms with Crippen molar-refractivity contribution in [2.75, 3.05) is 12.0 Å². The molecule has 4 rings (SSSR count). The van der Waals surface area contributed by atoms with Crippen molar-refractivity contribution in [3.8, 4) is 11.8 Å². The molecular weight excluding hydrogens is 411 g/mol. The summed E-state index contributed by atoms with van der Waals surface area (Å²) in [5.74, 6) is -2.48. The van der Waals surface area contributed by atoms with Crippen molar-refractivity contribution in [2.45, 2.75) is 6.04 Å². The molecule has 0 aromatic heterocycles. The molecule has 1 amide bonds. The van der Waals surface area contributed by atoms with E-state index in [0.29, 0.717) is 17.0 Å². The fourth-order valence-corrected chi connectivity index (χ4v) is 3.71. The molecule has 32 heavy (non-hydrogen) atoms. The number of rotatable bonds is 4. The normalized spacial score (nSPS) is 17.3. The zero-order chi connectivity index (χ0) is 22.8. The molecule has 158 valence electrons. The Morgan fingerprint density at radius 3 is 2.44 bits per heavy atom. The number of amides is 1. The van der Waals surface area contributed by atoms with Gasteiger partial charge in [-0.2, -0.15) is 5.26 Å². The molecule has 0 radical (unpaired) electrons. The number of carbonyl (C=O) groups excluding carboxylic acids is 2. The molecule has 1 atom stereocenters. The van der Waals surface area contributed by atoms with E-state index in [9.17, 15) is 19.1 Å². The number of halogens is 1. The summed E-state index contributed by atoms with van der Waals surface area (Å²) >= 11 is 0. The van der Waals surface area contributed by atoms with Crippen LogP contribution in [-0.2, 0) is 9.59 Å². The van der Waals surface area contributed by atoms with Gasteiger partial charge in [0, 0.05) is 16.8 Å². The minimum absolute atomic E-state index is 0.0560. The fraction of sp³-hybridized carbons (Fsp3) is 0.0800. The minimum Gasteiger partial charge on any atom is -0.507 e. The predicted octanol–water partition coefficient (Wildman–Crippen LogP) is 4.33. The number of methoxy groups -OCH3 is 1. The molecule has 6 nitrogen and oxygen atoms in total. The molecule has 0 saturated carbocycles. The van der Waals surface area contributed by atoms with Crippen LogP contribution < -0.4 is 9.64 Å². The lowest BCUT2D eigenvalue weighted by Gasteiger charge is -2.25. The number of anilines is 1. The standard InChI is InChI=1S/C25H17FN2O4/c1-32-18-6-4-5-16(13-18)23(29)21-22(19-7-2-3-8-20(19)26)28(25(31)24(21)30)17-11-9-15(14-27)10-12-17/h2-13,22,29H,1H3/b23-21-. The van der Waals surface area contributed by atoms with Gasteiger partial charge in [-0.05, 0) is 42.5 Å². The van der Waals surface area contributed by atoms with Crippen LogP contribution in [0.4, 0.5) is 10.1 Å². The predicted molar refractivity (Wildman–Crippen MR) is 115 cm³/mol. The Balaban J connectivity index is 1.96. The average Bonchev–Trinajstić information content (AvgIpc) is 3.09. The van der Waals surface area contributed by atoms with Gasteiger partial charge in [-0.15, -0.1) is 0 Å². The van der Waals surface area contributed by atoms with E-state index in [4.69, 9.17) is 10.00 Å². The first-order chi connectivity index (χ1) is 15.5. The number of ether oxygens (including phenoxy) is 1. The topological polar surface area (TPSA) is 90.6 Å². The van der Waals surface area contributed by atoms with Gasteiger partial charge in [-0.1, -0.05) is 30.3 Å². The lowest BCUT2D eigenvalue weighted by Crippen LogP contribution is -2.29. The molecule has 0 spiro atoms. The zero-order valence-corrected chi connectivity index (χ0v) is 16.9. The highest BCUT2D eigenvalue weighted by molar-refractivity contribution is 6.51. The molecule has 1 heterocycles. The van der Waals surface area contributed by atoms with Crippen LogP contribution in [0.3, 0.4) is 0 Å². The van der Waals surface area contributed by atoms with E-state index in [2.05, 4.69) is 0 Å². The minimum atomic E-state index is -1.20. The third kappa shape index (κ3) is 3.48. The van der Waals surface area contributed by atoms with Crippen molar-refractivity contribution >= 4 is 23.1 Å². The highest BCUT2D eigenvalue weighted by Crippen LogP contribution is 2.43. The van der Waals surface area contributed by atoms with Crippen LogP contribution in [0.25, 0.3) is 5.76 Å². The summed E-state index contributed by atoms with van der Waals surface area (Å²) in [6.45, 7) is 0. The van der Waals surface area contributed by atoms with Gasteiger partial charge in [-0.3, -0.25) is 14.5 Å². The van der Waals surface area contributed by atoms with E-state index in [1.165, 1.54) is 55.6 Å². The number of ketones is 1. The van der Waals surface area contributed by atoms with E-state index < -0.39 is 29.3 Å². The van der Waals surface area contributed by atoms with Gasteiger partial charge in [0.25, 0.3) is 11.7 Å². The van der Waals surface area contributed by atoms with E-state index in [0.717, 1.165) is 4.90 Å². The first-order valence-electron chi connectivity index (χ1n) is 9.66. The quantitative estimate of drug-likeness (QED) is 0.379. The number of Topliss-reactive ketones (excluding diaryl/α,β-unsaturated/α-hetero) is 1. The molecule has 3 aromatic carbocycles. The Kier molecular flexibility index (Phi) is 5.44. The van der Waals surface area contributed by atoms with Crippen molar-refractivity contribution in [3.05, 3.63) is 101 Å². The molecule has 1 saturated heterocycles. The number of nitrogens with zero attached hydrogens (tertiary/aromatic N) is 2. The summed E-state index contributed by atoms with van der Waals surface area (Å²) in [6, 6.07) is 18.9.